The largest absolute Gasteiger partial charge is 0.390 e. The predicted octanol–water partition coefficient (Wildman–Crippen LogP) is 3.12. The number of aliphatic hydroxyl groups excluding tert-OH is 1. The summed E-state index contributed by atoms with van der Waals surface area (Å²) in [5.74, 6) is -1.13. The van der Waals surface area contributed by atoms with E-state index in [0.717, 1.165) is 18.4 Å². The van der Waals surface area contributed by atoms with Crippen LogP contribution >= 0.6 is 0 Å². The number of carbonyl (C=O) groups is 1. The third kappa shape index (κ3) is 7.29. The van der Waals surface area contributed by atoms with Gasteiger partial charge in [0.05, 0.1) is 17.7 Å². The molecule has 2 aromatic carbocycles. The smallest absolute Gasteiger partial charge is 0.254 e. The van der Waals surface area contributed by atoms with Gasteiger partial charge in [-0.2, -0.15) is 0 Å². The van der Waals surface area contributed by atoms with E-state index in [9.17, 15) is 14.3 Å². The van der Waals surface area contributed by atoms with Crippen molar-refractivity contribution in [1.29, 1.82) is 0 Å². The van der Waals surface area contributed by atoms with Gasteiger partial charge in [-0.3, -0.25) is 4.79 Å². The number of rotatable bonds is 10. The molecule has 0 saturated carbocycles. The molecule has 7 heteroatoms. The fourth-order valence-corrected chi connectivity index (χ4v) is 3.85. The van der Waals surface area contributed by atoms with E-state index in [-0.39, 0.29) is 17.6 Å². The van der Waals surface area contributed by atoms with Gasteiger partial charge in [0.1, 0.15) is 5.82 Å². The fourth-order valence-electron chi connectivity index (χ4n) is 3.85. The molecule has 0 aromatic heterocycles. The minimum atomic E-state index is -0.831. The van der Waals surface area contributed by atoms with E-state index < -0.39 is 23.9 Å². The molecule has 1 aliphatic rings. The quantitative estimate of drug-likeness (QED) is 0.454. The number of benzene rings is 2. The Morgan fingerprint density at radius 3 is 2.56 bits per heavy atom. The molecule has 174 valence electrons. The van der Waals surface area contributed by atoms with Gasteiger partial charge in [-0.15, -0.1) is 0 Å². The van der Waals surface area contributed by atoms with Crippen LogP contribution < -0.4 is 16.0 Å². The van der Waals surface area contributed by atoms with E-state index in [4.69, 9.17) is 4.74 Å². The van der Waals surface area contributed by atoms with E-state index in [0.29, 0.717) is 31.9 Å². The van der Waals surface area contributed by atoms with Crippen molar-refractivity contribution in [3.63, 3.8) is 0 Å². The van der Waals surface area contributed by atoms with Crippen molar-refractivity contribution < 1.29 is 19.0 Å². The molecule has 32 heavy (non-hydrogen) atoms. The minimum Gasteiger partial charge on any atom is -0.390 e. The molecule has 1 saturated heterocycles. The van der Waals surface area contributed by atoms with Crippen LogP contribution in [0.15, 0.2) is 48.5 Å². The molecule has 6 nitrogen and oxygen atoms in total. The molecule has 4 N–H and O–H groups in total. The van der Waals surface area contributed by atoms with E-state index in [1.807, 2.05) is 44.2 Å². The summed E-state index contributed by atoms with van der Waals surface area (Å²) in [7, 11) is 0. The van der Waals surface area contributed by atoms with Crippen molar-refractivity contribution in [1.82, 2.24) is 10.6 Å². The zero-order valence-corrected chi connectivity index (χ0v) is 18.8. The zero-order chi connectivity index (χ0) is 22.9. The lowest BCUT2D eigenvalue weighted by Crippen LogP contribution is -2.50. The highest BCUT2D eigenvalue weighted by Gasteiger charge is 2.25. The Hall–Kier alpha value is -2.48. The summed E-state index contributed by atoms with van der Waals surface area (Å²) in [6.07, 6.45) is 1.39. The number of nitrogens with one attached hydrogen (secondary N) is 3. The van der Waals surface area contributed by atoms with E-state index in [2.05, 4.69) is 16.0 Å². The van der Waals surface area contributed by atoms with Gasteiger partial charge in [0, 0.05) is 37.5 Å². The van der Waals surface area contributed by atoms with Gasteiger partial charge in [-0.1, -0.05) is 30.3 Å². The maximum atomic E-state index is 14.5. The average Bonchev–Trinajstić information content (AvgIpc) is 2.79. The number of hydrogen-bond acceptors (Lipinski definition) is 5. The van der Waals surface area contributed by atoms with E-state index >= 15 is 0 Å². The number of amides is 1. The molecule has 0 spiro atoms. The zero-order valence-electron chi connectivity index (χ0n) is 18.8. The number of hydrogen-bond donors (Lipinski definition) is 4. The molecule has 2 aromatic rings. The summed E-state index contributed by atoms with van der Waals surface area (Å²) in [6, 6.07) is 13.9. The summed E-state index contributed by atoms with van der Waals surface area (Å²) >= 11 is 0. The molecule has 3 rings (SSSR count). The Morgan fingerprint density at radius 1 is 1.16 bits per heavy atom. The van der Waals surface area contributed by atoms with Crippen LogP contribution in [0.5, 0.6) is 0 Å². The summed E-state index contributed by atoms with van der Waals surface area (Å²) in [5, 5.41) is 20.4. The summed E-state index contributed by atoms with van der Waals surface area (Å²) in [4.78, 5) is 13.0. The first-order chi connectivity index (χ1) is 15.4. The topological polar surface area (TPSA) is 82.6 Å². The van der Waals surface area contributed by atoms with Gasteiger partial charge >= 0.3 is 0 Å². The highest BCUT2D eigenvalue weighted by atomic mass is 19.1. The molecule has 0 unspecified atom stereocenters. The van der Waals surface area contributed by atoms with Gasteiger partial charge in [0.2, 0.25) is 0 Å². The van der Waals surface area contributed by atoms with Gasteiger partial charge < -0.3 is 25.8 Å². The molecular weight excluding hydrogens is 409 g/mol. The van der Waals surface area contributed by atoms with Crippen molar-refractivity contribution in [2.75, 3.05) is 25.1 Å². The Bertz CT molecular complexity index is 857. The van der Waals surface area contributed by atoms with Crippen molar-refractivity contribution in [3.8, 4) is 0 Å². The number of ether oxygens (including phenoxy) is 1. The first-order valence-corrected chi connectivity index (χ1v) is 11.3. The molecule has 2 atom stereocenters. The Balaban J connectivity index is 1.71. The maximum Gasteiger partial charge on any atom is 0.254 e. The molecular formula is C25H34FN3O3. The van der Waals surface area contributed by atoms with Crippen molar-refractivity contribution >= 4 is 11.6 Å². The monoisotopic (exact) mass is 443 g/mol. The average molecular weight is 444 g/mol. The van der Waals surface area contributed by atoms with Crippen molar-refractivity contribution in [2.24, 2.45) is 0 Å². The van der Waals surface area contributed by atoms with Crippen molar-refractivity contribution in [2.45, 2.75) is 57.3 Å². The van der Waals surface area contributed by atoms with Crippen LogP contribution in [0, 0.1) is 5.82 Å². The molecule has 1 heterocycles. The Morgan fingerprint density at radius 2 is 1.88 bits per heavy atom. The summed E-state index contributed by atoms with van der Waals surface area (Å²) in [6.45, 7) is 5.69. The molecule has 1 amide bonds. The normalized spacial score (nSPS) is 16.5. The van der Waals surface area contributed by atoms with Crippen LogP contribution in [0.25, 0.3) is 0 Å². The number of anilines is 1. The Kier molecular flexibility index (Phi) is 9.02. The van der Waals surface area contributed by atoms with Crippen LogP contribution in [0.4, 0.5) is 10.1 Å². The maximum absolute atomic E-state index is 14.5. The lowest BCUT2D eigenvalue weighted by atomic mass is 9.99. The Labute approximate surface area is 189 Å². The second-order valence-corrected chi connectivity index (χ2v) is 8.63. The first kappa shape index (κ1) is 24.2. The highest BCUT2D eigenvalue weighted by molar-refractivity contribution is 5.95. The second-order valence-electron chi connectivity index (χ2n) is 8.63. The van der Waals surface area contributed by atoms with Crippen LogP contribution in [-0.4, -0.2) is 55.0 Å². The van der Waals surface area contributed by atoms with Gasteiger partial charge in [-0.05, 0) is 56.9 Å². The van der Waals surface area contributed by atoms with Crippen LogP contribution in [0.2, 0.25) is 0 Å². The number of carbonyl (C=O) groups excluding carboxylic acids is 1. The van der Waals surface area contributed by atoms with E-state index in [1.165, 1.54) is 12.1 Å². The summed E-state index contributed by atoms with van der Waals surface area (Å²) < 4.78 is 19.8. The predicted molar refractivity (Wildman–Crippen MR) is 124 cm³/mol. The highest BCUT2D eigenvalue weighted by Crippen LogP contribution is 2.17. The number of halogens is 1. The van der Waals surface area contributed by atoms with Gasteiger partial charge in [0.25, 0.3) is 5.91 Å². The third-order valence-electron chi connectivity index (χ3n) is 5.58. The molecule has 1 fully saturated rings. The first-order valence-electron chi connectivity index (χ1n) is 11.3. The van der Waals surface area contributed by atoms with Crippen LogP contribution in [0.3, 0.4) is 0 Å². The SMILES string of the molecule is CC(C)Nc1ccc(F)c(C(=O)N[C@@H](Cc2ccccc2)[C@H](O)CNC2CCOCC2)c1. The van der Waals surface area contributed by atoms with Gasteiger partial charge in [0.15, 0.2) is 0 Å². The number of aliphatic hydroxyl groups is 1. The third-order valence-corrected chi connectivity index (χ3v) is 5.58. The molecule has 0 radical (unpaired) electrons. The molecule has 0 aliphatic carbocycles. The van der Waals surface area contributed by atoms with Crippen LogP contribution in [-0.2, 0) is 11.2 Å². The van der Waals surface area contributed by atoms with Crippen molar-refractivity contribution in [3.05, 3.63) is 65.5 Å². The fraction of sp³-hybridized carbons (Fsp3) is 0.480. The second kappa shape index (κ2) is 11.9. The summed E-state index contributed by atoms with van der Waals surface area (Å²) in [5.41, 5.74) is 1.62. The van der Waals surface area contributed by atoms with Crippen LogP contribution in [0.1, 0.15) is 42.6 Å². The lowest BCUT2D eigenvalue weighted by molar-refractivity contribution is 0.0656. The standard InChI is InChI=1S/C25H34FN3O3/c1-17(2)28-20-8-9-22(26)21(15-20)25(31)29-23(14-18-6-4-3-5-7-18)24(30)16-27-19-10-12-32-13-11-19/h3-9,15,17,19,23-24,27-28,30H,10-14,16H2,1-2H3,(H,29,31)/t23-,24+/m0/s1. The van der Waals surface area contributed by atoms with E-state index in [1.54, 1.807) is 6.07 Å². The molecule has 0 bridgehead atoms. The molecule has 1 aliphatic heterocycles. The lowest BCUT2D eigenvalue weighted by Gasteiger charge is -2.28. The minimum absolute atomic E-state index is 0.0432. The van der Waals surface area contributed by atoms with Gasteiger partial charge in [-0.25, -0.2) is 4.39 Å².